The quantitative estimate of drug-likeness (QED) is 0.858. The molecule has 1 aromatic heterocycles. The lowest BCUT2D eigenvalue weighted by atomic mass is 10.2. The maximum Gasteiger partial charge on any atom is 0.256 e. The molecule has 21 heavy (non-hydrogen) atoms. The SMILES string of the molecule is CCc1cc(NC(=O)c2ccc(N(CC)CC)cc2)n[nH]1. The number of aryl methyl sites for hydroxylation is 1. The number of carbonyl (C=O) groups excluding carboxylic acids is 1. The van der Waals surface area contributed by atoms with Gasteiger partial charge in [0.15, 0.2) is 5.82 Å². The van der Waals surface area contributed by atoms with Crippen molar-refractivity contribution in [3.63, 3.8) is 0 Å². The summed E-state index contributed by atoms with van der Waals surface area (Å²) >= 11 is 0. The van der Waals surface area contributed by atoms with Crippen molar-refractivity contribution in [1.82, 2.24) is 10.2 Å². The number of aromatic amines is 1. The molecular weight excluding hydrogens is 264 g/mol. The Hall–Kier alpha value is -2.30. The monoisotopic (exact) mass is 286 g/mol. The van der Waals surface area contributed by atoms with E-state index in [0.717, 1.165) is 30.9 Å². The molecule has 0 saturated carbocycles. The van der Waals surface area contributed by atoms with Crippen molar-refractivity contribution < 1.29 is 4.79 Å². The maximum atomic E-state index is 12.2. The number of hydrogen-bond donors (Lipinski definition) is 2. The first-order valence-corrected chi connectivity index (χ1v) is 7.38. The third-order valence-corrected chi connectivity index (χ3v) is 3.51. The Labute approximate surface area is 125 Å². The van der Waals surface area contributed by atoms with Gasteiger partial charge in [-0.3, -0.25) is 9.89 Å². The van der Waals surface area contributed by atoms with E-state index in [0.29, 0.717) is 11.4 Å². The van der Waals surface area contributed by atoms with Crippen LogP contribution in [0.3, 0.4) is 0 Å². The smallest absolute Gasteiger partial charge is 0.256 e. The fourth-order valence-electron chi connectivity index (χ4n) is 2.21. The Balaban J connectivity index is 2.05. The van der Waals surface area contributed by atoms with Crippen molar-refractivity contribution in [3.8, 4) is 0 Å². The second kappa shape index (κ2) is 6.92. The molecule has 0 atom stereocenters. The molecule has 0 unspecified atom stereocenters. The molecule has 1 amide bonds. The Morgan fingerprint density at radius 2 is 1.86 bits per heavy atom. The second-order valence-electron chi connectivity index (χ2n) is 4.81. The number of amides is 1. The van der Waals surface area contributed by atoms with Crippen LogP contribution in [-0.4, -0.2) is 29.2 Å². The predicted octanol–water partition coefficient (Wildman–Crippen LogP) is 3.07. The maximum absolute atomic E-state index is 12.2. The lowest BCUT2D eigenvalue weighted by Gasteiger charge is -2.20. The fraction of sp³-hybridized carbons (Fsp3) is 0.375. The number of H-pyrrole nitrogens is 1. The van der Waals surface area contributed by atoms with Gasteiger partial charge in [-0.15, -0.1) is 0 Å². The first-order chi connectivity index (χ1) is 10.2. The van der Waals surface area contributed by atoms with Crippen LogP contribution in [0.2, 0.25) is 0 Å². The van der Waals surface area contributed by atoms with Crippen LogP contribution in [0.4, 0.5) is 11.5 Å². The van der Waals surface area contributed by atoms with Gasteiger partial charge in [0.05, 0.1) is 0 Å². The van der Waals surface area contributed by atoms with Crippen molar-refractivity contribution >= 4 is 17.4 Å². The summed E-state index contributed by atoms with van der Waals surface area (Å²) in [5.74, 6) is 0.417. The van der Waals surface area contributed by atoms with Crippen molar-refractivity contribution in [2.45, 2.75) is 27.2 Å². The summed E-state index contributed by atoms with van der Waals surface area (Å²) in [4.78, 5) is 14.4. The lowest BCUT2D eigenvalue weighted by molar-refractivity contribution is 0.102. The molecule has 5 heteroatoms. The molecule has 0 fully saturated rings. The summed E-state index contributed by atoms with van der Waals surface area (Å²) in [6, 6.07) is 9.49. The molecule has 2 aromatic rings. The molecule has 0 aliphatic rings. The van der Waals surface area contributed by atoms with E-state index in [1.54, 1.807) is 0 Å². The minimum atomic E-state index is -0.143. The number of nitrogens with one attached hydrogen (secondary N) is 2. The zero-order valence-electron chi connectivity index (χ0n) is 12.8. The average molecular weight is 286 g/mol. The molecule has 112 valence electrons. The standard InChI is InChI=1S/C16H22N4O/c1-4-13-11-15(19-18-13)17-16(21)12-7-9-14(10-8-12)20(5-2)6-3/h7-11H,4-6H2,1-3H3,(H2,17,18,19,21). The van der Waals surface area contributed by atoms with E-state index < -0.39 is 0 Å². The normalized spacial score (nSPS) is 10.4. The number of benzene rings is 1. The van der Waals surface area contributed by atoms with Crippen LogP contribution in [0.25, 0.3) is 0 Å². The van der Waals surface area contributed by atoms with Crippen LogP contribution < -0.4 is 10.2 Å². The van der Waals surface area contributed by atoms with Gasteiger partial charge in [0.25, 0.3) is 5.91 Å². The van der Waals surface area contributed by atoms with Gasteiger partial charge in [0.1, 0.15) is 0 Å². The Kier molecular flexibility index (Phi) is 4.98. The predicted molar refractivity (Wildman–Crippen MR) is 85.9 cm³/mol. The molecule has 0 bridgehead atoms. The van der Waals surface area contributed by atoms with Crippen LogP contribution in [0.1, 0.15) is 36.8 Å². The molecule has 0 spiro atoms. The lowest BCUT2D eigenvalue weighted by Crippen LogP contribution is -2.21. The van der Waals surface area contributed by atoms with Crippen molar-refractivity contribution in [3.05, 3.63) is 41.6 Å². The molecule has 0 aliphatic carbocycles. The number of nitrogens with zero attached hydrogens (tertiary/aromatic N) is 2. The van der Waals surface area contributed by atoms with Crippen LogP contribution >= 0.6 is 0 Å². The minimum Gasteiger partial charge on any atom is -0.372 e. The zero-order chi connectivity index (χ0) is 15.2. The first-order valence-electron chi connectivity index (χ1n) is 7.38. The highest BCUT2D eigenvalue weighted by Gasteiger charge is 2.09. The van der Waals surface area contributed by atoms with Crippen molar-refractivity contribution in [2.24, 2.45) is 0 Å². The van der Waals surface area contributed by atoms with E-state index >= 15 is 0 Å². The van der Waals surface area contributed by atoms with Crippen molar-refractivity contribution in [2.75, 3.05) is 23.3 Å². The molecule has 0 saturated heterocycles. The highest BCUT2D eigenvalue weighted by molar-refractivity contribution is 6.03. The molecule has 2 N–H and O–H groups in total. The molecule has 0 aliphatic heterocycles. The Morgan fingerprint density at radius 1 is 1.19 bits per heavy atom. The summed E-state index contributed by atoms with van der Waals surface area (Å²) in [6.45, 7) is 8.18. The number of anilines is 2. The van der Waals surface area contributed by atoms with Gasteiger partial charge < -0.3 is 10.2 Å². The third-order valence-electron chi connectivity index (χ3n) is 3.51. The molecule has 2 rings (SSSR count). The van der Waals surface area contributed by atoms with Gasteiger partial charge in [-0.1, -0.05) is 6.92 Å². The fourth-order valence-corrected chi connectivity index (χ4v) is 2.21. The van der Waals surface area contributed by atoms with E-state index in [4.69, 9.17) is 0 Å². The van der Waals surface area contributed by atoms with Gasteiger partial charge in [0, 0.05) is 36.1 Å². The van der Waals surface area contributed by atoms with Crippen LogP contribution in [0, 0.1) is 0 Å². The topological polar surface area (TPSA) is 61.0 Å². The highest BCUT2D eigenvalue weighted by Crippen LogP contribution is 2.16. The van der Waals surface area contributed by atoms with E-state index in [-0.39, 0.29) is 5.91 Å². The van der Waals surface area contributed by atoms with Crippen LogP contribution in [0.5, 0.6) is 0 Å². The molecule has 5 nitrogen and oxygen atoms in total. The zero-order valence-corrected chi connectivity index (χ0v) is 12.8. The number of carbonyl (C=O) groups is 1. The third kappa shape index (κ3) is 3.62. The van der Waals surface area contributed by atoms with Gasteiger partial charge in [0.2, 0.25) is 0 Å². The number of hydrogen-bond acceptors (Lipinski definition) is 3. The Bertz CT molecular complexity index is 585. The second-order valence-corrected chi connectivity index (χ2v) is 4.81. The van der Waals surface area contributed by atoms with Crippen LogP contribution in [0.15, 0.2) is 30.3 Å². The summed E-state index contributed by atoms with van der Waals surface area (Å²) in [5, 5.41) is 9.73. The van der Waals surface area contributed by atoms with E-state index in [9.17, 15) is 4.79 Å². The number of rotatable bonds is 6. The summed E-state index contributed by atoms with van der Waals surface area (Å²) in [7, 11) is 0. The largest absolute Gasteiger partial charge is 0.372 e. The summed E-state index contributed by atoms with van der Waals surface area (Å²) in [6.07, 6.45) is 0.863. The van der Waals surface area contributed by atoms with Gasteiger partial charge in [-0.05, 0) is 44.5 Å². The summed E-state index contributed by atoms with van der Waals surface area (Å²) < 4.78 is 0. The van der Waals surface area contributed by atoms with Crippen molar-refractivity contribution in [1.29, 1.82) is 0 Å². The minimum absolute atomic E-state index is 0.143. The molecule has 1 heterocycles. The molecule has 1 aromatic carbocycles. The van der Waals surface area contributed by atoms with Gasteiger partial charge in [-0.2, -0.15) is 5.10 Å². The van der Waals surface area contributed by atoms with E-state index in [1.165, 1.54) is 0 Å². The van der Waals surface area contributed by atoms with Crippen LogP contribution in [-0.2, 0) is 6.42 Å². The summed E-state index contributed by atoms with van der Waals surface area (Å²) in [5.41, 5.74) is 2.76. The molecule has 0 radical (unpaired) electrons. The molecular formula is C16H22N4O. The Morgan fingerprint density at radius 3 is 2.38 bits per heavy atom. The van der Waals surface area contributed by atoms with Gasteiger partial charge >= 0.3 is 0 Å². The highest BCUT2D eigenvalue weighted by atomic mass is 16.1. The first kappa shape index (κ1) is 15.1. The number of aromatic nitrogens is 2. The average Bonchev–Trinajstić information content (AvgIpc) is 2.97. The van der Waals surface area contributed by atoms with E-state index in [2.05, 4.69) is 34.3 Å². The van der Waals surface area contributed by atoms with Gasteiger partial charge in [-0.25, -0.2) is 0 Å². The van der Waals surface area contributed by atoms with E-state index in [1.807, 2.05) is 37.3 Å².